The van der Waals surface area contributed by atoms with Gasteiger partial charge in [0, 0.05) is 0 Å². The van der Waals surface area contributed by atoms with Gasteiger partial charge in [-0.3, -0.25) is 0 Å². The molecular weight excluding hydrogens is 320 g/mol. The predicted molar refractivity (Wildman–Crippen MR) is 118 cm³/mol. The molecule has 0 fully saturated rings. The van der Waals surface area contributed by atoms with Gasteiger partial charge in [0.25, 0.3) is 0 Å². The van der Waals surface area contributed by atoms with Crippen LogP contribution in [0.25, 0.3) is 0 Å². The van der Waals surface area contributed by atoms with E-state index in [2.05, 4.69) is 54.9 Å². The van der Waals surface area contributed by atoms with Crippen LogP contribution in [0, 0.1) is 0 Å². The first kappa shape index (κ1) is 27.6. The minimum absolute atomic E-state index is 0.727. The molecule has 0 aromatic rings. The van der Waals surface area contributed by atoms with Crippen LogP contribution in [0.2, 0.25) is 0 Å². The lowest BCUT2D eigenvalue weighted by atomic mass is 10.1. The molecule has 0 aromatic heterocycles. The van der Waals surface area contributed by atoms with Crippen LogP contribution < -0.4 is 0 Å². The smallest absolute Gasteiger partial charge is 0.0822 e. The van der Waals surface area contributed by atoms with Crippen LogP contribution in [-0.4, -0.2) is 13.7 Å². The van der Waals surface area contributed by atoms with Crippen LogP contribution >= 0.6 is 0 Å². The minimum Gasteiger partial charge on any atom is -0.240 e. The van der Waals surface area contributed by atoms with E-state index in [0.717, 1.165) is 13.0 Å². The van der Waals surface area contributed by atoms with Crippen LogP contribution in [-0.2, 0) is 9.78 Å². The predicted octanol–water partition coefficient (Wildman–Crippen LogP) is 8.57. The molecule has 0 rings (SSSR count). The third kappa shape index (κ3) is 31.2. The highest BCUT2D eigenvalue weighted by Gasteiger charge is 1.90. The van der Waals surface area contributed by atoms with Crippen molar-refractivity contribution in [1.82, 2.24) is 0 Å². The molecule has 0 unspecified atom stereocenters. The van der Waals surface area contributed by atoms with Crippen molar-refractivity contribution in [3.05, 3.63) is 24.3 Å². The van der Waals surface area contributed by atoms with E-state index in [1.54, 1.807) is 0 Å². The Morgan fingerprint density at radius 3 is 1.54 bits per heavy atom. The van der Waals surface area contributed by atoms with Crippen LogP contribution in [0.4, 0.5) is 0 Å². The zero-order valence-electron chi connectivity index (χ0n) is 18.4. The van der Waals surface area contributed by atoms with E-state index in [-0.39, 0.29) is 0 Å². The molecule has 0 amide bonds. The second-order valence-electron chi connectivity index (χ2n) is 6.89. The Kier molecular flexibility index (Phi) is 31.0. The van der Waals surface area contributed by atoms with Gasteiger partial charge in [-0.05, 0) is 44.9 Å². The molecule has 0 radical (unpaired) electrons. The lowest BCUT2D eigenvalue weighted by Gasteiger charge is -1.99. The maximum absolute atomic E-state index is 4.64. The summed E-state index contributed by atoms with van der Waals surface area (Å²) in [5.41, 5.74) is 0. The normalized spacial score (nSPS) is 11.2. The first-order valence-electron chi connectivity index (χ1n) is 11.3. The Morgan fingerprint density at radius 2 is 1.04 bits per heavy atom. The summed E-state index contributed by atoms with van der Waals surface area (Å²) < 4.78 is 0. The third-order valence-electron chi connectivity index (χ3n) is 4.23. The van der Waals surface area contributed by atoms with Crippen LogP contribution in [0.5, 0.6) is 0 Å². The second-order valence-corrected chi connectivity index (χ2v) is 6.89. The van der Waals surface area contributed by atoms with E-state index in [1.807, 2.05) is 0 Å². The lowest BCUT2D eigenvalue weighted by Crippen LogP contribution is -1.91. The Bertz CT molecular complexity index is 265. The Morgan fingerprint density at radius 1 is 0.538 bits per heavy atom. The Labute approximate surface area is 165 Å². The SMILES string of the molecule is CC/C=C\CCCCCCCC/C=C\CCCC.CCCCCOOC. The van der Waals surface area contributed by atoms with Gasteiger partial charge in [0.2, 0.25) is 0 Å². The van der Waals surface area contributed by atoms with Crippen molar-refractivity contribution in [2.75, 3.05) is 13.7 Å². The van der Waals surface area contributed by atoms with Crippen LogP contribution in [0.1, 0.15) is 117 Å². The van der Waals surface area contributed by atoms with Crippen molar-refractivity contribution in [3.8, 4) is 0 Å². The van der Waals surface area contributed by atoms with Gasteiger partial charge in [-0.1, -0.05) is 96.4 Å². The zero-order chi connectivity index (χ0) is 19.6. The molecule has 0 aromatic carbocycles. The summed E-state index contributed by atoms with van der Waals surface area (Å²) in [5, 5.41) is 0. The number of hydrogen-bond acceptors (Lipinski definition) is 2. The molecular formula is C24H48O2. The first-order chi connectivity index (χ1) is 12.8. The van der Waals surface area contributed by atoms with E-state index in [1.165, 1.54) is 97.0 Å². The quantitative estimate of drug-likeness (QED) is 0.104. The summed E-state index contributed by atoms with van der Waals surface area (Å²) >= 11 is 0. The molecule has 0 aliphatic rings. The van der Waals surface area contributed by atoms with Crippen LogP contribution in [0.15, 0.2) is 24.3 Å². The largest absolute Gasteiger partial charge is 0.240 e. The van der Waals surface area contributed by atoms with Crippen molar-refractivity contribution >= 4 is 0 Å². The topological polar surface area (TPSA) is 18.5 Å². The molecule has 0 bridgehead atoms. The van der Waals surface area contributed by atoms with Gasteiger partial charge in [0.15, 0.2) is 0 Å². The summed E-state index contributed by atoms with van der Waals surface area (Å²) in [6, 6.07) is 0. The molecule has 0 aliphatic carbocycles. The summed E-state index contributed by atoms with van der Waals surface area (Å²) in [5.74, 6) is 0. The van der Waals surface area contributed by atoms with E-state index < -0.39 is 0 Å². The van der Waals surface area contributed by atoms with E-state index in [0.29, 0.717) is 0 Å². The number of rotatable bonds is 18. The van der Waals surface area contributed by atoms with Gasteiger partial charge in [0.1, 0.15) is 0 Å². The Balaban J connectivity index is 0. The average Bonchev–Trinajstić information content (AvgIpc) is 2.66. The van der Waals surface area contributed by atoms with Gasteiger partial charge in [0.05, 0.1) is 13.7 Å². The van der Waals surface area contributed by atoms with Crippen molar-refractivity contribution in [2.45, 2.75) is 117 Å². The fourth-order valence-electron chi connectivity index (χ4n) is 2.57. The van der Waals surface area contributed by atoms with Gasteiger partial charge >= 0.3 is 0 Å². The molecule has 0 N–H and O–H groups in total. The molecule has 0 saturated carbocycles. The molecule has 0 spiro atoms. The molecule has 26 heavy (non-hydrogen) atoms. The highest BCUT2D eigenvalue weighted by molar-refractivity contribution is 4.81. The third-order valence-corrected chi connectivity index (χ3v) is 4.23. The number of allylic oxidation sites excluding steroid dienone is 4. The fourth-order valence-corrected chi connectivity index (χ4v) is 2.57. The molecule has 0 atom stereocenters. The zero-order valence-corrected chi connectivity index (χ0v) is 18.4. The van der Waals surface area contributed by atoms with Crippen molar-refractivity contribution < 1.29 is 9.78 Å². The van der Waals surface area contributed by atoms with Gasteiger partial charge in [-0.25, -0.2) is 9.78 Å². The van der Waals surface area contributed by atoms with E-state index in [9.17, 15) is 0 Å². The molecule has 0 heterocycles. The summed E-state index contributed by atoms with van der Waals surface area (Å²) in [4.78, 5) is 9.02. The molecule has 0 aliphatic heterocycles. The highest BCUT2D eigenvalue weighted by atomic mass is 17.2. The molecule has 2 heteroatoms. The minimum atomic E-state index is 0.727. The van der Waals surface area contributed by atoms with Gasteiger partial charge in [-0.15, -0.1) is 0 Å². The molecule has 0 saturated heterocycles. The highest BCUT2D eigenvalue weighted by Crippen LogP contribution is 2.09. The van der Waals surface area contributed by atoms with Crippen LogP contribution in [0.3, 0.4) is 0 Å². The molecule has 2 nitrogen and oxygen atoms in total. The summed E-state index contributed by atoms with van der Waals surface area (Å²) in [6.45, 7) is 7.34. The number of unbranched alkanes of at least 4 members (excludes halogenated alkanes) is 11. The lowest BCUT2D eigenvalue weighted by molar-refractivity contribution is -0.272. The van der Waals surface area contributed by atoms with Gasteiger partial charge < -0.3 is 0 Å². The standard InChI is InChI=1S/C18H34.C6H14O2/c1-3-5-7-9-11-13-15-17-18-16-14-12-10-8-6-4-2;1-3-4-5-6-8-7-2/h5,7,10,12H,3-4,6,8-9,11,13-18H2,1-2H3;3-6H2,1-2H3/b7-5-,12-10-;. The maximum atomic E-state index is 4.64. The fraction of sp³-hybridized carbons (Fsp3) is 0.833. The number of hydrogen-bond donors (Lipinski definition) is 0. The monoisotopic (exact) mass is 368 g/mol. The Hall–Kier alpha value is -0.600. The van der Waals surface area contributed by atoms with Gasteiger partial charge in [-0.2, -0.15) is 0 Å². The van der Waals surface area contributed by atoms with E-state index >= 15 is 0 Å². The van der Waals surface area contributed by atoms with Crippen molar-refractivity contribution in [1.29, 1.82) is 0 Å². The average molecular weight is 369 g/mol. The summed E-state index contributed by atoms with van der Waals surface area (Å²) in [6.07, 6.45) is 29.1. The van der Waals surface area contributed by atoms with Crippen molar-refractivity contribution in [3.63, 3.8) is 0 Å². The summed E-state index contributed by atoms with van der Waals surface area (Å²) in [7, 11) is 1.53. The second kappa shape index (κ2) is 29.2. The first-order valence-corrected chi connectivity index (χ1v) is 11.3. The molecule has 156 valence electrons. The van der Waals surface area contributed by atoms with Crippen molar-refractivity contribution in [2.24, 2.45) is 0 Å². The maximum Gasteiger partial charge on any atom is 0.0822 e. The van der Waals surface area contributed by atoms with E-state index in [4.69, 9.17) is 0 Å².